The molecule has 0 aliphatic heterocycles. The van der Waals surface area contributed by atoms with Crippen molar-refractivity contribution in [2.24, 2.45) is 5.73 Å². The first-order valence-corrected chi connectivity index (χ1v) is 8.47. The first-order chi connectivity index (χ1) is 12.6. The Morgan fingerprint density at radius 2 is 1.92 bits per heavy atom. The van der Waals surface area contributed by atoms with Gasteiger partial charge in [-0.15, -0.1) is 0 Å². The normalized spacial score (nSPS) is 13.6. The van der Waals surface area contributed by atoms with Crippen molar-refractivity contribution in [3.63, 3.8) is 0 Å². The fourth-order valence-electron chi connectivity index (χ4n) is 3.07. The van der Waals surface area contributed by atoms with E-state index in [0.29, 0.717) is 11.3 Å². The molecule has 0 spiro atoms. The molecule has 3 N–H and O–H groups in total. The molecule has 0 aliphatic carbocycles. The Labute approximate surface area is 150 Å². The van der Waals surface area contributed by atoms with Crippen LogP contribution in [0.4, 0.5) is 0 Å². The number of nitrogens with one attached hydrogen (secondary N) is 1. The molecule has 0 radical (unpaired) electrons. The van der Waals surface area contributed by atoms with Crippen LogP contribution in [0.3, 0.4) is 0 Å². The third-order valence-electron chi connectivity index (χ3n) is 4.44. The van der Waals surface area contributed by atoms with Crippen LogP contribution in [0.5, 0.6) is 0 Å². The van der Waals surface area contributed by atoms with Crippen molar-refractivity contribution in [2.75, 3.05) is 0 Å². The van der Waals surface area contributed by atoms with E-state index in [9.17, 15) is 4.79 Å². The molecule has 2 atom stereocenters. The maximum atomic E-state index is 12.7. The zero-order valence-electron chi connectivity index (χ0n) is 14.3. The summed E-state index contributed by atoms with van der Waals surface area (Å²) in [5.74, 6) is -0.260. The van der Waals surface area contributed by atoms with Gasteiger partial charge in [0.25, 0.3) is 5.91 Å². The van der Waals surface area contributed by atoms with E-state index in [1.807, 2.05) is 37.3 Å². The van der Waals surface area contributed by atoms with Crippen LogP contribution < -0.4 is 11.1 Å². The summed E-state index contributed by atoms with van der Waals surface area (Å²) in [5.41, 5.74) is 8.10. The van der Waals surface area contributed by atoms with Crippen LogP contribution in [0.25, 0.3) is 16.4 Å². The Morgan fingerprint density at radius 3 is 2.73 bits per heavy atom. The van der Waals surface area contributed by atoms with Gasteiger partial charge in [0.1, 0.15) is 5.69 Å². The van der Waals surface area contributed by atoms with Crippen LogP contribution >= 0.6 is 0 Å². The molecule has 26 heavy (non-hydrogen) atoms. The second-order valence-corrected chi connectivity index (χ2v) is 6.36. The molecule has 1 amide bonds. The maximum absolute atomic E-state index is 12.7. The smallest absolute Gasteiger partial charge is 0.270 e. The summed E-state index contributed by atoms with van der Waals surface area (Å²) in [4.78, 5) is 17.0. The van der Waals surface area contributed by atoms with E-state index in [1.165, 1.54) is 0 Å². The van der Waals surface area contributed by atoms with Crippen LogP contribution in [-0.2, 0) is 0 Å². The van der Waals surface area contributed by atoms with E-state index in [0.717, 1.165) is 16.3 Å². The van der Waals surface area contributed by atoms with Crippen molar-refractivity contribution in [1.29, 1.82) is 0 Å². The Bertz CT molecular complexity index is 1090. The summed E-state index contributed by atoms with van der Waals surface area (Å²) in [6.45, 7) is 1.88. The molecular weight excluding hydrogens is 326 g/mol. The summed E-state index contributed by atoms with van der Waals surface area (Å²) in [6.07, 6.45) is 3.36. The first-order valence-electron chi connectivity index (χ1n) is 8.47. The minimum absolute atomic E-state index is 0.251. The van der Waals surface area contributed by atoms with E-state index in [2.05, 4.69) is 27.5 Å². The highest BCUT2D eigenvalue weighted by molar-refractivity contribution is 5.93. The maximum Gasteiger partial charge on any atom is 0.270 e. The van der Waals surface area contributed by atoms with Crippen LogP contribution in [-0.4, -0.2) is 26.5 Å². The fraction of sp³-hybridized carbons (Fsp3) is 0.150. The van der Waals surface area contributed by atoms with Gasteiger partial charge in [-0.1, -0.05) is 36.4 Å². The SMILES string of the molecule is CC(N)C(NC(=O)c1ccn2nccc2n1)c1ccc2ccccc2c1. The van der Waals surface area contributed by atoms with E-state index in [-0.39, 0.29) is 18.0 Å². The highest BCUT2D eigenvalue weighted by Gasteiger charge is 2.20. The molecule has 4 aromatic rings. The van der Waals surface area contributed by atoms with Crippen molar-refractivity contribution < 1.29 is 4.79 Å². The predicted molar refractivity (Wildman–Crippen MR) is 101 cm³/mol. The van der Waals surface area contributed by atoms with Crippen LogP contribution in [0.2, 0.25) is 0 Å². The lowest BCUT2D eigenvalue weighted by Gasteiger charge is -2.23. The standard InChI is InChI=1S/C20H19N5O/c1-13(21)19(16-7-6-14-4-2-3-5-15(14)12-16)24-20(26)17-9-11-25-18(23-17)8-10-22-25/h2-13,19H,21H2,1H3,(H,24,26). The minimum atomic E-state index is -0.310. The molecule has 4 rings (SSSR count). The number of carbonyl (C=O) groups excluding carboxylic acids is 1. The summed E-state index contributed by atoms with van der Waals surface area (Å²) in [6, 6.07) is 17.1. The number of hydrogen-bond donors (Lipinski definition) is 2. The van der Waals surface area contributed by atoms with Gasteiger partial charge in [0.2, 0.25) is 0 Å². The van der Waals surface area contributed by atoms with E-state index < -0.39 is 0 Å². The monoisotopic (exact) mass is 345 g/mol. The molecular formula is C20H19N5O. The van der Waals surface area contributed by atoms with Gasteiger partial charge in [-0.3, -0.25) is 4.79 Å². The number of aromatic nitrogens is 3. The molecule has 6 nitrogen and oxygen atoms in total. The Kier molecular flexibility index (Phi) is 4.10. The molecule has 6 heteroatoms. The molecule has 0 bridgehead atoms. The molecule has 2 unspecified atom stereocenters. The largest absolute Gasteiger partial charge is 0.342 e. The number of fused-ring (bicyclic) bond motifs is 2. The van der Waals surface area contributed by atoms with Crippen molar-refractivity contribution >= 4 is 22.3 Å². The van der Waals surface area contributed by atoms with E-state index >= 15 is 0 Å². The Morgan fingerprint density at radius 1 is 1.12 bits per heavy atom. The molecule has 0 fully saturated rings. The summed E-state index contributed by atoms with van der Waals surface area (Å²) in [5, 5.41) is 9.37. The second kappa shape index (κ2) is 6.57. The van der Waals surface area contributed by atoms with Gasteiger partial charge in [-0.2, -0.15) is 5.10 Å². The van der Waals surface area contributed by atoms with E-state index in [4.69, 9.17) is 5.73 Å². The number of hydrogen-bond acceptors (Lipinski definition) is 4. The first kappa shape index (κ1) is 16.2. The van der Waals surface area contributed by atoms with Crippen molar-refractivity contribution in [3.05, 3.63) is 78.2 Å². The van der Waals surface area contributed by atoms with Gasteiger partial charge < -0.3 is 11.1 Å². The van der Waals surface area contributed by atoms with Crippen LogP contribution in [0.1, 0.15) is 29.0 Å². The Hall–Kier alpha value is -3.25. The van der Waals surface area contributed by atoms with Crippen LogP contribution in [0.15, 0.2) is 67.0 Å². The van der Waals surface area contributed by atoms with Gasteiger partial charge in [-0.05, 0) is 35.4 Å². The third kappa shape index (κ3) is 3.02. The number of nitrogens with two attached hydrogens (primary N) is 1. The zero-order chi connectivity index (χ0) is 18.1. The third-order valence-corrected chi connectivity index (χ3v) is 4.44. The molecule has 0 saturated heterocycles. The van der Waals surface area contributed by atoms with Gasteiger partial charge >= 0.3 is 0 Å². The number of benzene rings is 2. The second-order valence-electron chi connectivity index (χ2n) is 6.36. The van der Waals surface area contributed by atoms with Gasteiger partial charge in [0.15, 0.2) is 5.65 Å². The van der Waals surface area contributed by atoms with Gasteiger partial charge in [0.05, 0.1) is 12.2 Å². The molecule has 2 aromatic carbocycles. The van der Waals surface area contributed by atoms with Crippen molar-refractivity contribution in [3.8, 4) is 0 Å². The zero-order valence-corrected chi connectivity index (χ0v) is 14.3. The summed E-state index contributed by atoms with van der Waals surface area (Å²) >= 11 is 0. The quantitative estimate of drug-likeness (QED) is 0.595. The van der Waals surface area contributed by atoms with Crippen LogP contribution in [0, 0.1) is 0 Å². The number of amides is 1. The summed E-state index contributed by atoms with van der Waals surface area (Å²) < 4.78 is 1.61. The topological polar surface area (TPSA) is 85.3 Å². The van der Waals surface area contributed by atoms with E-state index in [1.54, 1.807) is 29.0 Å². The lowest BCUT2D eigenvalue weighted by molar-refractivity contribution is 0.0926. The molecule has 2 aromatic heterocycles. The van der Waals surface area contributed by atoms with Gasteiger partial charge in [0, 0.05) is 18.3 Å². The molecule has 2 heterocycles. The van der Waals surface area contributed by atoms with Crippen molar-refractivity contribution in [1.82, 2.24) is 19.9 Å². The fourth-order valence-corrected chi connectivity index (χ4v) is 3.07. The van der Waals surface area contributed by atoms with Gasteiger partial charge in [-0.25, -0.2) is 9.50 Å². The number of nitrogens with zero attached hydrogens (tertiary/aromatic N) is 3. The lowest BCUT2D eigenvalue weighted by atomic mass is 9.97. The number of rotatable bonds is 4. The minimum Gasteiger partial charge on any atom is -0.342 e. The molecule has 130 valence electrons. The Balaban J connectivity index is 1.64. The number of carbonyl (C=O) groups is 1. The predicted octanol–water partition coefficient (Wildman–Crippen LogP) is 2.70. The lowest BCUT2D eigenvalue weighted by Crippen LogP contribution is -2.39. The average molecular weight is 345 g/mol. The summed E-state index contributed by atoms with van der Waals surface area (Å²) in [7, 11) is 0. The highest BCUT2D eigenvalue weighted by Crippen LogP contribution is 2.22. The average Bonchev–Trinajstić information content (AvgIpc) is 3.13. The molecule has 0 aliphatic rings. The van der Waals surface area contributed by atoms with Crippen molar-refractivity contribution in [2.45, 2.75) is 19.0 Å². The highest BCUT2D eigenvalue weighted by atomic mass is 16.2. The molecule has 0 saturated carbocycles.